The van der Waals surface area contributed by atoms with Gasteiger partial charge in [0.05, 0.1) is 12.2 Å². The standard InChI is InChI=1S/C19H22O4/c20-15-2-1-3-17(21)14-6-9-16(10-7-14)23-19-12-13(4-8-15)5-11-18(19)22/h5-7,9-12,15,17,20-22H,1-4,8H2. The van der Waals surface area contributed by atoms with E-state index in [9.17, 15) is 15.3 Å². The van der Waals surface area contributed by atoms with E-state index in [4.69, 9.17) is 4.74 Å². The van der Waals surface area contributed by atoms with Gasteiger partial charge in [-0.05, 0) is 67.5 Å². The van der Waals surface area contributed by atoms with Gasteiger partial charge in [0.15, 0.2) is 11.5 Å². The Balaban J connectivity index is 1.90. The third-order valence-electron chi connectivity index (χ3n) is 4.30. The molecule has 2 aliphatic heterocycles. The Kier molecular flexibility index (Phi) is 4.84. The number of rotatable bonds is 0. The minimum atomic E-state index is -0.532. The summed E-state index contributed by atoms with van der Waals surface area (Å²) in [6.45, 7) is 0. The monoisotopic (exact) mass is 314 g/mol. The highest BCUT2D eigenvalue weighted by atomic mass is 16.5. The molecule has 0 saturated carbocycles. The van der Waals surface area contributed by atoms with Gasteiger partial charge in [-0.25, -0.2) is 0 Å². The van der Waals surface area contributed by atoms with Crippen LogP contribution in [0.1, 0.15) is 42.9 Å². The van der Waals surface area contributed by atoms with Gasteiger partial charge in [0.2, 0.25) is 0 Å². The summed E-state index contributed by atoms with van der Waals surface area (Å²) in [7, 11) is 0. The van der Waals surface area contributed by atoms with E-state index in [1.807, 2.05) is 24.3 Å². The van der Waals surface area contributed by atoms with Crippen molar-refractivity contribution in [3.8, 4) is 17.2 Å². The van der Waals surface area contributed by atoms with Crippen LogP contribution < -0.4 is 4.74 Å². The van der Waals surface area contributed by atoms with Gasteiger partial charge < -0.3 is 20.1 Å². The molecule has 2 aromatic rings. The second-order valence-electron chi connectivity index (χ2n) is 6.11. The quantitative estimate of drug-likeness (QED) is 0.693. The maximum absolute atomic E-state index is 10.2. The lowest BCUT2D eigenvalue weighted by Gasteiger charge is -2.13. The fourth-order valence-electron chi connectivity index (χ4n) is 2.87. The fourth-order valence-corrected chi connectivity index (χ4v) is 2.87. The van der Waals surface area contributed by atoms with Crippen LogP contribution in [0.2, 0.25) is 0 Å². The number of hydrogen-bond donors (Lipinski definition) is 3. The molecule has 0 saturated heterocycles. The Morgan fingerprint density at radius 3 is 2.48 bits per heavy atom. The first-order valence-corrected chi connectivity index (χ1v) is 8.07. The predicted molar refractivity (Wildman–Crippen MR) is 87.8 cm³/mol. The van der Waals surface area contributed by atoms with Crippen LogP contribution in [0, 0.1) is 0 Å². The summed E-state index contributed by atoms with van der Waals surface area (Å²) in [4.78, 5) is 0. The van der Waals surface area contributed by atoms with Crippen molar-refractivity contribution in [2.75, 3.05) is 0 Å². The highest BCUT2D eigenvalue weighted by molar-refractivity contribution is 5.45. The van der Waals surface area contributed by atoms with Gasteiger partial charge in [0.25, 0.3) is 0 Å². The zero-order valence-corrected chi connectivity index (χ0v) is 13.0. The number of hydrogen-bond acceptors (Lipinski definition) is 4. The molecule has 23 heavy (non-hydrogen) atoms. The van der Waals surface area contributed by atoms with Crippen molar-refractivity contribution in [1.82, 2.24) is 0 Å². The largest absolute Gasteiger partial charge is 0.504 e. The van der Waals surface area contributed by atoms with Crippen molar-refractivity contribution in [2.24, 2.45) is 0 Å². The van der Waals surface area contributed by atoms with Gasteiger partial charge in [0.1, 0.15) is 5.75 Å². The Labute approximate surface area is 136 Å². The van der Waals surface area contributed by atoms with E-state index >= 15 is 0 Å². The van der Waals surface area contributed by atoms with E-state index in [-0.39, 0.29) is 11.9 Å². The number of ether oxygens (including phenoxy) is 1. The fraction of sp³-hybridized carbons (Fsp3) is 0.368. The highest BCUT2D eigenvalue weighted by Crippen LogP contribution is 2.33. The molecule has 0 aliphatic carbocycles. The molecule has 2 atom stereocenters. The predicted octanol–water partition coefficient (Wildman–Crippen LogP) is 3.70. The number of aryl methyl sites for hydroxylation is 1. The molecule has 0 aromatic heterocycles. The highest BCUT2D eigenvalue weighted by Gasteiger charge is 2.13. The van der Waals surface area contributed by atoms with Crippen LogP contribution in [-0.2, 0) is 6.42 Å². The first-order valence-electron chi connectivity index (χ1n) is 8.07. The molecule has 4 rings (SSSR count). The summed E-state index contributed by atoms with van der Waals surface area (Å²) in [6.07, 6.45) is 2.55. The lowest BCUT2D eigenvalue weighted by atomic mass is 9.99. The molecule has 0 amide bonds. The first kappa shape index (κ1) is 15.8. The van der Waals surface area contributed by atoms with E-state index < -0.39 is 6.10 Å². The maximum atomic E-state index is 10.2. The molecule has 2 heterocycles. The van der Waals surface area contributed by atoms with E-state index in [1.165, 1.54) is 0 Å². The Bertz CT molecular complexity index is 651. The number of aromatic hydroxyl groups is 1. The summed E-state index contributed by atoms with van der Waals surface area (Å²) in [5.74, 6) is 1.10. The first-order chi connectivity index (χ1) is 11.1. The zero-order valence-electron chi connectivity index (χ0n) is 13.0. The molecule has 2 aromatic carbocycles. The lowest BCUT2D eigenvalue weighted by Crippen LogP contribution is -2.09. The van der Waals surface area contributed by atoms with E-state index in [2.05, 4.69) is 0 Å². The Morgan fingerprint density at radius 2 is 1.70 bits per heavy atom. The van der Waals surface area contributed by atoms with Crippen LogP contribution in [-0.4, -0.2) is 21.4 Å². The van der Waals surface area contributed by atoms with Gasteiger partial charge in [0, 0.05) is 0 Å². The minimum Gasteiger partial charge on any atom is -0.504 e. The summed E-state index contributed by atoms with van der Waals surface area (Å²) >= 11 is 0. The molecule has 122 valence electrons. The SMILES string of the molecule is Oc1ccc2cc1Oc1ccc(cc1)C(O)CCCC(O)CC2. The van der Waals surface area contributed by atoms with Crippen molar-refractivity contribution in [3.05, 3.63) is 53.6 Å². The van der Waals surface area contributed by atoms with Crippen LogP contribution in [0.15, 0.2) is 42.5 Å². The zero-order chi connectivity index (χ0) is 16.2. The lowest BCUT2D eigenvalue weighted by molar-refractivity contribution is 0.129. The van der Waals surface area contributed by atoms with Gasteiger partial charge in [-0.2, -0.15) is 0 Å². The molecular weight excluding hydrogens is 292 g/mol. The van der Waals surface area contributed by atoms with E-state index in [0.717, 1.165) is 24.0 Å². The topological polar surface area (TPSA) is 69.9 Å². The second kappa shape index (κ2) is 7.02. The number of aliphatic hydroxyl groups is 2. The number of phenols is 1. The van der Waals surface area contributed by atoms with Crippen molar-refractivity contribution in [2.45, 2.75) is 44.3 Å². The summed E-state index contributed by atoms with van der Waals surface area (Å²) in [5, 5.41) is 30.2. The average Bonchev–Trinajstić information content (AvgIpc) is 2.56. The third kappa shape index (κ3) is 4.03. The average molecular weight is 314 g/mol. The molecule has 2 aliphatic rings. The molecular formula is C19H22O4. The summed E-state index contributed by atoms with van der Waals surface area (Å²) in [6, 6.07) is 12.5. The number of aliphatic hydroxyl groups excluding tert-OH is 2. The van der Waals surface area contributed by atoms with E-state index in [0.29, 0.717) is 30.8 Å². The van der Waals surface area contributed by atoms with Gasteiger partial charge in [-0.1, -0.05) is 18.2 Å². The smallest absolute Gasteiger partial charge is 0.169 e. The molecule has 4 bridgehead atoms. The van der Waals surface area contributed by atoms with Crippen molar-refractivity contribution >= 4 is 0 Å². The molecule has 4 nitrogen and oxygen atoms in total. The van der Waals surface area contributed by atoms with Crippen molar-refractivity contribution in [3.63, 3.8) is 0 Å². The molecule has 0 spiro atoms. The van der Waals surface area contributed by atoms with Crippen LogP contribution in [0.4, 0.5) is 0 Å². The van der Waals surface area contributed by atoms with Crippen molar-refractivity contribution in [1.29, 1.82) is 0 Å². The maximum Gasteiger partial charge on any atom is 0.169 e. The summed E-state index contributed by atoms with van der Waals surface area (Å²) in [5.41, 5.74) is 1.85. The number of fused-ring (bicyclic) bond motifs is 8. The Morgan fingerprint density at radius 1 is 0.913 bits per heavy atom. The number of phenolic OH excluding ortho intramolecular Hbond substituents is 1. The van der Waals surface area contributed by atoms with Crippen LogP contribution >= 0.6 is 0 Å². The summed E-state index contributed by atoms with van der Waals surface area (Å²) < 4.78 is 5.75. The molecule has 4 heteroatoms. The van der Waals surface area contributed by atoms with Gasteiger partial charge in [-0.3, -0.25) is 0 Å². The normalized spacial score (nSPS) is 22.0. The number of benzene rings is 2. The van der Waals surface area contributed by atoms with Crippen LogP contribution in [0.5, 0.6) is 17.2 Å². The van der Waals surface area contributed by atoms with Crippen LogP contribution in [0.3, 0.4) is 0 Å². The molecule has 3 N–H and O–H groups in total. The molecule has 0 radical (unpaired) electrons. The van der Waals surface area contributed by atoms with Crippen LogP contribution in [0.25, 0.3) is 0 Å². The third-order valence-corrected chi connectivity index (χ3v) is 4.30. The van der Waals surface area contributed by atoms with E-state index in [1.54, 1.807) is 18.2 Å². The molecule has 0 fully saturated rings. The second-order valence-corrected chi connectivity index (χ2v) is 6.11. The van der Waals surface area contributed by atoms with Crippen molar-refractivity contribution < 1.29 is 20.1 Å². The molecule has 2 unspecified atom stereocenters. The van der Waals surface area contributed by atoms with Gasteiger partial charge >= 0.3 is 0 Å². The Hall–Kier alpha value is -2.04. The minimum absolute atomic E-state index is 0.0859. The van der Waals surface area contributed by atoms with Gasteiger partial charge in [-0.15, -0.1) is 0 Å².